The van der Waals surface area contributed by atoms with Gasteiger partial charge in [-0.2, -0.15) is 0 Å². The Bertz CT molecular complexity index is 382. The van der Waals surface area contributed by atoms with Crippen molar-refractivity contribution >= 4 is 5.91 Å². The molecule has 2 nitrogen and oxygen atoms in total. The Balaban J connectivity index is 2.59. The molecule has 1 aromatic rings. The maximum absolute atomic E-state index is 11.6. The topological polar surface area (TPSA) is 20.3 Å². The van der Waals surface area contributed by atoms with Gasteiger partial charge in [0, 0.05) is 19.2 Å². The van der Waals surface area contributed by atoms with Crippen LogP contribution >= 0.6 is 0 Å². The van der Waals surface area contributed by atoms with Gasteiger partial charge in [-0.05, 0) is 36.6 Å². The van der Waals surface area contributed by atoms with Gasteiger partial charge >= 0.3 is 0 Å². The molecule has 1 heterocycles. The van der Waals surface area contributed by atoms with Gasteiger partial charge in [0.2, 0.25) is 0 Å². The average Bonchev–Trinajstić information content (AvgIpc) is 2.32. The van der Waals surface area contributed by atoms with Crippen molar-refractivity contribution < 1.29 is 4.79 Å². The van der Waals surface area contributed by atoms with E-state index in [-0.39, 0.29) is 5.91 Å². The van der Waals surface area contributed by atoms with E-state index in [1.165, 1.54) is 11.1 Å². The molecule has 0 aromatic heterocycles. The van der Waals surface area contributed by atoms with E-state index in [4.69, 9.17) is 0 Å². The minimum absolute atomic E-state index is 0.151. The van der Waals surface area contributed by atoms with Crippen LogP contribution in [0.3, 0.4) is 0 Å². The van der Waals surface area contributed by atoms with Crippen molar-refractivity contribution in [3.63, 3.8) is 0 Å². The van der Waals surface area contributed by atoms with Crippen molar-refractivity contribution in [1.82, 2.24) is 4.90 Å². The van der Waals surface area contributed by atoms with Gasteiger partial charge in [-0.1, -0.05) is 6.07 Å². The third-order valence-electron chi connectivity index (χ3n) is 2.70. The van der Waals surface area contributed by atoms with Crippen LogP contribution in [-0.2, 0) is 6.54 Å². The zero-order valence-corrected chi connectivity index (χ0v) is 8.22. The number of nitrogens with zero attached hydrogens (tertiary/aromatic N) is 1. The fourth-order valence-corrected chi connectivity index (χ4v) is 1.74. The number of benzene rings is 1. The lowest BCUT2D eigenvalue weighted by Crippen LogP contribution is -2.17. The predicted octanol–water partition coefficient (Wildman–Crippen LogP) is 1.89. The quantitative estimate of drug-likeness (QED) is 0.589. The number of hydrogen-bond donors (Lipinski definition) is 0. The molecular weight excluding hydrogens is 162 g/mol. The second kappa shape index (κ2) is 2.59. The number of fused-ring (bicyclic) bond motifs is 1. The van der Waals surface area contributed by atoms with Crippen LogP contribution in [0.5, 0.6) is 0 Å². The first kappa shape index (κ1) is 8.30. The number of amides is 1. The van der Waals surface area contributed by atoms with Crippen LogP contribution in [0.1, 0.15) is 27.0 Å². The van der Waals surface area contributed by atoms with Crippen LogP contribution in [0.4, 0.5) is 0 Å². The van der Waals surface area contributed by atoms with Gasteiger partial charge in [-0.25, -0.2) is 0 Å². The van der Waals surface area contributed by atoms with Crippen molar-refractivity contribution in [2.45, 2.75) is 20.4 Å². The van der Waals surface area contributed by atoms with E-state index in [0.717, 1.165) is 17.7 Å². The lowest BCUT2D eigenvalue weighted by atomic mass is 10.0. The van der Waals surface area contributed by atoms with Gasteiger partial charge in [0.05, 0.1) is 0 Å². The Morgan fingerprint density at radius 3 is 2.54 bits per heavy atom. The first-order valence-electron chi connectivity index (χ1n) is 4.45. The molecule has 0 aliphatic carbocycles. The molecule has 0 radical (unpaired) electrons. The van der Waals surface area contributed by atoms with Crippen LogP contribution < -0.4 is 0 Å². The maximum Gasteiger partial charge on any atom is 0.254 e. The Morgan fingerprint density at radius 1 is 1.23 bits per heavy atom. The number of carbonyl (C=O) groups is 1. The van der Waals surface area contributed by atoms with Gasteiger partial charge < -0.3 is 4.90 Å². The standard InChI is InChI=1S/C11H13NO/c1-7-4-9-6-12(3)11(13)10(9)5-8(7)2/h4-5H,6H2,1-3H3. The van der Waals surface area contributed by atoms with Gasteiger partial charge in [-0.15, -0.1) is 0 Å². The molecule has 0 saturated heterocycles. The zero-order valence-electron chi connectivity index (χ0n) is 8.22. The van der Waals surface area contributed by atoms with Gasteiger partial charge in [0.15, 0.2) is 0 Å². The molecule has 0 atom stereocenters. The van der Waals surface area contributed by atoms with Crippen LogP contribution in [0, 0.1) is 13.8 Å². The summed E-state index contributed by atoms with van der Waals surface area (Å²) in [6, 6.07) is 4.11. The fourth-order valence-electron chi connectivity index (χ4n) is 1.74. The van der Waals surface area contributed by atoms with Crippen molar-refractivity contribution in [1.29, 1.82) is 0 Å². The maximum atomic E-state index is 11.6. The molecule has 1 aromatic carbocycles. The summed E-state index contributed by atoms with van der Waals surface area (Å²) >= 11 is 0. The highest BCUT2D eigenvalue weighted by molar-refractivity contribution is 5.98. The largest absolute Gasteiger partial charge is 0.337 e. The van der Waals surface area contributed by atoms with E-state index in [9.17, 15) is 4.79 Å². The fraction of sp³-hybridized carbons (Fsp3) is 0.364. The molecule has 1 amide bonds. The SMILES string of the molecule is Cc1cc2c(cc1C)C(=O)N(C)C2. The van der Waals surface area contributed by atoms with Gasteiger partial charge in [0.1, 0.15) is 0 Å². The summed E-state index contributed by atoms with van der Waals surface area (Å²) in [6.07, 6.45) is 0. The number of aryl methyl sites for hydroxylation is 2. The van der Waals surface area contributed by atoms with Crippen molar-refractivity contribution in [3.8, 4) is 0 Å². The molecular formula is C11H13NO. The van der Waals surface area contributed by atoms with Crippen LogP contribution in [0.2, 0.25) is 0 Å². The first-order valence-corrected chi connectivity index (χ1v) is 4.45. The minimum Gasteiger partial charge on any atom is -0.337 e. The molecule has 0 fully saturated rings. The first-order chi connectivity index (χ1) is 6.09. The molecule has 0 unspecified atom stereocenters. The lowest BCUT2D eigenvalue weighted by Gasteiger charge is -2.04. The van der Waals surface area contributed by atoms with E-state index in [0.29, 0.717) is 0 Å². The Hall–Kier alpha value is -1.31. The summed E-state index contributed by atoms with van der Waals surface area (Å²) in [5.41, 5.74) is 4.51. The number of carbonyl (C=O) groups excluding carboxylic acids is 1. The summed E-state index contributed by atoms with van der Waals surface area (Å²) in [5, 5.41) is 0. The summed E-state index contributed by atoms with van der Waals surface area (Å²) in [6.45, 7) is 4.88. The minimum atomic E-state index is 0.151. The van der Waals surface area contributed by atoms with E-state index >= 15 is 0 Å². The summed E-state index contributed by atoms with van der Waals surface area (Å²) < 4.78 is 0. The van der Waals surface area contributed by atoms with E-state index in [2.05, 4.69) is 13.0 Å². The molecule has 0 spiro atoms. The summed E-state index contributed by atoms with van der Waals surface area (Å²) in [7, 11) is 1.84. The third-order valence-corrected chi connectivity index (χ3v) is 2.70. The highest BCUT2D eigenvalue weighted by Gasteiger charge is 2.24. The number of hydrogen-bond acceptors (Lipinski definition) is 1. The second-order valence-electron chi connectivity index (χ2n) is 3.75. The van der Waals surface area contributed by atoms with Gasteiger partial charge in [-0.3, -0.25) is 4.79 Å². The Morgan fingerprint density at radius 2 is 1.85 bits per heavy atom. The normalized spacial score (nSPS) is 15.0. The molecule has 2 rings (SSSR count). The Labute approximate surface area is 78.2 Å². The predicted molar refractivity (Wildman–Crippen MR) is 51.7 cm³/mol. The highest BCUT2D eigenvalue weighted by Crippen LogP contribution is 2.24. The van der Waals surface area contributed by atoms with Crippen molar-refractivity contribution in [2.24, 2.45) is 0 Å². The molecule has 0 saturated carbocycles. The van der Waals surface area contributed by atoms with Crippen LogP contribution in [0.15, 0.2) is 12.1 Å². The monoisotopic (exact) mass is 175 g/mol. The van der Waals surface area contributed by atoms with E-state index < -0.39 is 0 Å². The molecule has 0 bridgehead atoms. The van der Waals surface area contributed by atoms with E-state index in [1.54, 1.807) is 4.90 Å². The molecule has 1 aliphatic rings. The smallest absolute Gasteiger partial charge is 0.254 e. The lowest BCUT2D eigenvalue weighted by molar-refractivity contribution is 0.0816. The summed E-state index contributed by atoms with van der Waals surface area (Å²) in [5.74, 6) is 0.151. The van der Waals surface area contributed by atoms with E-state index in [1.807, 2.05) is 20.0 Å². The second-order valence-corrected chi connectivity index (χ2v) is 3.75. The molecule has 2 heteroatoms. The average molecular weight is 175 g/mol. The zero-order chi connectivity index (χ0) is 9.59. The van der Waals surface area contributed by atoms with Crippen LogP contribution in [-0.4, -0.2) is 17.9 Å². The molecule has 13 heavy (non-hydrogen) atoms. The van der Waals surface area contributed by atoms with Gasteiger partial charge in [0.25, 0.3) is 5.91 Å². The van der Waals surface area contributed by atoms with Crippen molar-refractivity contribution in [2.75, 3.05) is 7.05 Å². The van der Waals surface area contributed by atoms with Crippen molar-refractivity contribution in [3.05, 3.63) is 34.4 Å². The third kappa shape index (κ3) is 1.13. The number of rotatable bonds is 0. The van der Waals surface area contributed by atoms with Crippen LogP contribution in [0.25, 0.3) is 0 Å². The summed E-state index contributed by atoms with van der Waals surface area (Å²) in [4.78, 5) is 13.3. The Kier molecular flexibility index (Phi) is 1.65. The molecule has 0 N–H and O–H groups in total. The molecule has 68 valence electrons. The molecule has 1 aliphatic heterocycles. The highest BCUT2D eigenvalue weighted by atomic mass is 16.2.